The number of likely N-dealkylation sites (tertiary alicyclic amines) is 1. The molecule has 2 heterocycles. The molecule has 5 heteroatoms. The third kappa shape index (κ3) is 3.56. The molecule has 2 rings (SSSR count). The first-order chi connectivity index (χ1) is 9.10. The number of nitrogens with two attached hydrogens (primary N) is 1. The molecule has 1 aliphatic heterocycles. The number of rotatable bonds is 4. The summed E-state index contributed by atoms with van der Waals surface area (Å²) in [5, 5.41) is 0. The van der Waals surface area contributed by atoms with E-state index in [1.54, 1.807) is 0 Å². The van der Waals surface area contributed by atoms with Crippen molar-refractivity contribution in [1.29, 1.82) is 0 Å². The van der Waals surface area contributed by atoms with E-state index in [1.807, 2.05) is 6.07 Å². The second-order valence-electron chi connectivity index (χ2n) is 5.49. The fourth-order valence-electron chi connectivity index (χ4n) is 2.66. The predicted octanol–water partition coefficient (Wildman–Crippen LogP) is 1.54. The summed E-state index contributed by atoms with van der Waals surface area (Å²) in [6.07, 6.45) is 4.39. The first-order valence-electron chi connectivity index (χ1n) is 7.15. The number of aromatic nitrogens is 2. The number of hydrogen-bond acceptors (Lipinski definition) is 5. The fourth-order valence-corrected chi connectivity index (χ4v) is 2.66. The summed E-state index contributed by atoms with van der Waals surface area (Å²) in [7, 11) is 4.29. The molecule has 0 radical (unpaired) electrons. The Morgan fingerprint density at radius 3 is 2.95 bits per heavy atom. The molecule has 1 aromatic heterocycles. The molecule has 1 fully saturated rings. The van der Waals surface area contributed by atoms with E-state index in [4.69, 9.17) is 5.73 Å². The maximum atomic E-state index is 5.90. The first-order valence-corrected chi connectivity index (χ1v) is 7.15. The van der Waals surface area contributed by atoms with Gasteiger partial charge in [0, 0.05) is 32.1 Å². The van der Waals surface area contributed by atoms with Crippen LogP contribution in [0.3, 0.4) is 0 Å². The molecule has 2 N–H and O–H groups in total. The van der Waals surface area contributed by atoms with Crippen molar-refractivity contribution >= 4 is 11.6 Å². The number of nitrogens with zero attached hydrogens (tertiary/aromatic N) is 4. The highest BCUT2D eigenvalue weighted by atomic mass is 15.2. The van der Waals surface area contributed by atoms with Crippen LogP contribution in [0.15, 0.2) is 6.07 Å². The molecule has 0 bridgehead atoms. The highest BCUT2D eigenvalue weighted by molar-refractivity contribution is 5.47. The number of anilines is 2. The smallest absolute Gasteiger partial charge is 0.134 e. The van der Waals surface area contributed by atoms with Crippen molar-refractivity contribution in [2.45, 2.75) is 38.6 Å². The van der Waals surface area contributed by atoms with Crippen LogP contribution >= 0.6 is 0 Å². The van der Waals surface area contributed by atoms with Gasteiger partial charge in [-0.1, -0.05) is 6.92 Å². The predicted molar refractivity (Wildman–Crippen MR) is 79.4 cm³/mol. The third-order valence-electron chi connectivity index (χ3n) is 3.76. The van der Waals surface area contributed by atoms with Gasteiger partial charge in [0.05, 0.1) is 0 Å². The van der Waals surface area contributed by atoms with Gasteiger partial charge in [0.2, 0.25) is 0 Å². The average Bonchev–Trinajstić information content (AvgIpc) is 2.37. The van der Waals surface area contributed by atoms with E-state index in [9.17, 15) is 0 Å². The lowest BCUT2D eigenvalue weighted by Gasteiger charge is -2.36. The van der Waals surface area contributed by atoms with Crippen LogP contribution in [0, 0.1) is 0 Å². The van der Waals surface area contributed by atoms with Gasteiger partial charge < -0.3 is 15.5 Å². The maximum absolute atomic E-state index is 5.90. The zero-order valence-electron chi connectivity index (χ0n) is 12.3. The summed E-state index contributed by atoms with van der Waals surface area (Å²) in [6, 6.07) is 2.40. The van der Waals surface area contributed by atoms with Crippen LogP contribution in [0.2, 0.25) is 0 Å². The Balaban J connectivity index is 2.15. The van der Waals surface area contributed by atoms with Crippen LogP contribution in [-0.4, -0.2) is 48.1 Å². The normalized spacial score (nSPS) is 20.5. The minimum atomic E-state index is 0.516. The van der Waals surface area contributed by atoms with Gasteiger partial charge in [0.1, 0.15) is 17.5 Å². The Morgan fingerprint density at radius 2 is 2.26 bits per heavy atom. The van der Waals surface area contributed by atoms with Crippen LogP contribution < -0.4 is 10.6 Å². The molecule has 5 nitrogen and oxygen atoms in total. The summed E-state index contributed by atoms with van der Waals surface area (Å²) in [5.74, 6) is 2.38. The van der Waals surface area contributed by atoms with E-state index in [2.05, 4.69) is 40.8 Å². The largest absolute Gasteiger partial charge is 0.384 e. The van der Waals surface area contributed by atoms with Crippen LogP contribution in [0.1, 0.15) is 32.0 Å². The van der Waals surface area contributed by atoms with Gasteiger partial charge in [-0.3, -0.25) is 0 Å². The van der Waals surface area contributed by atoms with Crippen molar-refractivity contribution in [1.82, 2.24) is 14.9 Å². The molecule has 0 aromatic carbocycles. The van der Waals surface area contributed by atoms with Crippen molar-refractivity contribution in [3.05, 3.63) is 11.9 Å². The summed E-state index contributed by atoms with van der Waals surface area (Å²) in [4.78, 5) is 13.6. The lowest BCUT2D eigenvalue weighted by Crippen LogP contribution is -2.45. The van der Waals surface area contributed by atoms with Gasteiger partial charge >= 0.3 is 0 Å². The molecule has 0 spiro atoms. The van der Waals surface area contributed by atoms with Gasteiger partial charge in [-0.05, 0) is 32.9 Å². The van der Waals surface area contributed by atoms with Crippen LogP contribution in [-0.2, 0) is 6.42 Å². The standard InChI is InChI=1S/C14H25N5/c1-4-6-13-16-12(15)9-14(17-13)19(3)11-7-5-8-18(2)10-11/h9,11H,4-8,10H2,1-3H3,(H2,15,16,17). The summed E-state index contributed by atoms with van der Waals surface area (Å²) in [5.41, 5.74) is 5.90. The van der Waals surface area contributed by atoms with Crippen molar-refractivity contribution in [3.63, 3.8) is 0 Å². The van der Waals surface area contributed by atoms with Gasteiger partial charge in [0.25, 0.3) is 0 Å². The Kier molecular flexibility index (Phi) is 4.58. The monoisotopic (exact) mass is 263 g/mol. The molecular formula is C14H25N5. The second-order valence-corrected chi connectivity index (χ2v) is 5.49. The van der Waals surface area contributed by atoms with E-state index in [0.717, 1.165) is 31.0 Å². The molecular weight excluding hydrogens is 238 g/mol. The fraction of sp³-hybridized carbons (Fsp3) is 0.714. The lowest BCUT2D eigenvalue weighted by atomic mass is 10.1. The minimum Gasteiger partial charge on any atom is -0.384 e. The van der Waals surface area contributed by atoms with Gasteiger partial charge in [-0.15, -0.1) is 0 Å². The van der Waals surface area contributed by atoms with E-state index in [0.29, 0.717) is 11.9 Å². The Hall–Kier alpha value is -1.36. The van der Waals surface area contributed by atoms with Gasteiger partial charge in [-0.2, -0.15) is 0 Å². The number of likely N-dealkylation sites (N-methyl/N-ethyl adjacent to an activating group) is 2. The minimum absolute atomic E-state index is 0.516. The lowest BCUT2D eigenvalue weighted by molar-refractivity contribution is 0.247. The number of nitrogen functional groups attached to an aromatic ring is 1. The highest BCUT2D eigenvalue weighted by Crippen LogP contribution is 2.21. The Labute approximate surface area is 115 Å². The first kappa shape index (κ1) is 14.1. The quantitative estimate of drug-likeness (QED) is 0.893. The number of hydrogen-bond donors (Lipinski definition) is 1. The van der Waals surface area contributed by atoms with E-state index < -0.39 is 0 Å². The van der Waals surface area contributed by atoms with Crippen molar-refractivity contribution in [2.75, 3.05) is 37.8 Å². The molecule has 1 atom stereocenters. The SMILES string of the molecule is CCCc1nc(N)cc(N(C)C2CCCN(C)C2)n1. The van der Waals surface area contributed by atoms with Crippen LogP contribution in [0.25, 0.3) is 0 Å². The highest BCUT2D eigenvalue weighted by Gasteiger charge is 2.22. The van der Waals surface area contributed by atoms with E-state index >= 15 is 0 Å². The van der Waals surface area contributed by atoms with Crippen LogP contribution in [0.4, 0.5) is 11.6 Å². The van der Waals surface area contributed by atoms with Crippen molar-refractivity contribution < 1.29 is 0 Å². The summed E-state index contributed by atoms with van der Waals surface area (Å²) >= 11 is 0. The molecule has 1 aliphatic rings. The topological polar surface area (TPSA) is 58.3 Å². The van der Waals surface area contributed by atoms with Crippen molar-refractivity contribution in [3.8, 4) is 0 Å². The Morgan fingerprint density at radius 1 is 1.47 bits per heavy atom. The van der Waals surface area contributed by atoms with Crippen LogP contribution in [0.5, 0.6) is 0 Å². The summed E-state index contributed by atoms with van der Waals surface area (Å²) in [6.45, 7) is 4.41. The number of piperidine rings is 1. The van der Waals surface area contributed by atoms with E-state index in [-0.39, 0.29) is 0 Å². The molecule has 1 aromatic rings. The molecule has 0 aliphatic carbocycles. The van der Waals surface area contributed by atoms with Gasteiger partial charge in [-0.25, -0.2) is 9.97 Å². The number of aryl methyl sites for hydroxylation is 1. The molecule has 19 heavy (non-hydrogen) atoms. The molecule has 106 valence electrons. The summed E-state index contributed by atoms with van der Waals surface area (Å²) < 4.78 is 0. The zero-order valence-corrected chi connectivity index (χ0v) is 12.3. The van der Waals surface area contributed by atoms with Crippen molar-refractivity contribution in [2.24, 2.45) is 0 Å². The maximum Gasteiger partial charge on any atom is 0.134 e. The molecule has 1 saturated heterocycles. The molecule has 0 saturated carbocycles. The molecule has 1 unspecified atom stereocenters. The third-order valence-corrected chi connectivity index (χ3v) is 3.76. The molecule has 0 amide bonds. The van der Waals surface area contributed by atoms with Gasteiger partial charge in [0.15, 0.2) is 0 Å². The Bertz CT molecular complexity index is 420. The van der Waals surface area contributed by atoms with E-state index in [1.165, 1.54) is 19.4 Å². The second kappa shape index (κ2) is 6.19. The average molecular weight is 263 g/mol. The zero-order chi connectivity index (χ0) is 13.8.